The van der Waals surface area contributed by atoms with Gasteiger partial charge in [-0.05, 0) is 32.7 Å². The van der Waals surface area contributed by atoms with E-state index in [0.717, 1.165) is 22.7 Å². The van der Waals surface area contributed by atoms with Crippen LogP contribution in [0.4, 0.5) is 5.69 Å². The van der Waals surface area contributed by atoms with Gasteiger partial charge >= 0.3 is 0 Å². The summed E-state index contributed by atoms with van der Waals surface area (Å²) in [7, 11) is 0. The van der Waals surface area contributed by atoms with Crippen molar-refractivity contribution in [1.29, 1.82) is 0 Å². The number of nitrogens with one attached hydrogen (secondary N) is 1. The number of nitrogens with zero attached hydrogens (tertiary/aromatic N) is 4. The van der Waals surface area contributed by atoms with Crippen molar-refractivity contribution < 1.29 is 0 Å². The minimum absolute atomic E-state index is 0.828. The number of fused-ring (bicyclic) bond motifs is 1. The van der Waals surface area contributed by atoms with Crippen molar-refractivity contribution in [3.8, 4) is 0 Å². The summed E-state index contributed by atoms with van der Waals surface area (Å²) in [6.45, 7) is 7.33. The maximum absolute atomic E-state index is 4.27. The zero-order valence-electron chi connectivity index (χ0n) is 10.5. The molecule has 0 spiro atoms. The van der Waals surface area contributed by atoms with Crippen LogP contribution in [0.15, 0.2) is 53.2 Å². The normalized spacial score (nSPS) is 12.8. The predicted octanol–water partition coefficient (Wildman–Crippen LogP) is 2.65. The molecule has 0 radical (unpaired) electrons. The monoisotopic (exact) mass is 241 g/mol. The van der Waals surface area contributed by atoms with E-state index in [4.69, 9.17) is 0 Å². The maximum Gasteiger partial charge on any atom is 0.155 e. The van der Waals surface area contributed by atoms with E-state index >= 15 is 0 Å². The molecule has 0 bridgehead atoms. The summed E-state index contributed by atoms with van der Waals surface area (Å²) < 4.78 is 1.72. The molecule has 92 valence electrons. The van der Waals surface area contributed by atoms with Crippen LogP contribution in [0.2, 0.25) is 0 Å². The predicted molar refractivity (Wildman–Crippen MR) is 73.7 cm³/mol. The smallest absolute Gasteiger partial charge is 0.155 e. The Hall–Kier alpha value is -2.43. The van der Waals surface area contributed by atoms with Gasteiger partial charge in [-0.1, -0.05) is 0 Å². The first kappa shape index (κ1) is 12.0. The Morgan fingerprint density at radius 3 is 3.06 bits per heavy atom. The lowest BCUT2D eigenvalue weighted by Gasteiger charge is -2.05. The van der Waals surface area contributed by atoms with E-state index < -0.39 is 0 Å². The van der Waals surface area contributed by atoms with Gasteiger partial charge in [0, 0.05) is 17.5 Å². The fourth-order valence-corrected chi connectivity index (χ4v) is 1.44. The van der Waals surface area contributed by atoms with E-state index in [2.05, 4.69) is 27.1 Å². The number of aromatic nitrogens is 3. The zero-order chi connectivity index (χ0) is 13.0. The summed E-state index contributed by atoms with van der Waals surface area (Å²) in [6, 6.07) is 1.86. The number of aliphatic imine (C=N–C) groups is 1. The van der Waals surface area contributed by atoms with Crippen LogP contribution >= 0.6 is 0 Å². The van der Waals surface area contributed by atoms with Crippen molar-refractivity contribution in [3.05, 3.63) is 48.2 Å². The third-order valence-corrected chi connectivity index (χ3v) is 2.41. The van der Waals surface area contributed by atoms with E-state index in [1.807, 2.05) is 38.3 Å². The average Bonchev–Trinajstić information content (AvgIpc) is 2.83. The SMILES string of the molecule is C=N/C(C)=C\C=C(/C)Nc1cnc2ccnn2c1. The van der Waals surface area contributed by atoms with E-state index in [9.17, 15) is 0 Å². The Kier molecular flexibility index (Phi) is 3.52. The molecule has 5 heteroatoms. The molecule has 0 atom stereocenters. The molecule has 2 aromatic rings. The number of rotatable bonds is 4. The molecule has 2 rings (SSSR count). The first-order valence-corrected chi connectivity index (χ1v) is 5.57. The lowest BCUT2D eigenvalue weighted by Crippen LogP contribution is -1.99. The second-order valence-electron chi connectivity index (χ2n) is 3.92. The fourth-order valence-electron chi connectivity index (χ4n) is 1.44. The van der Waals surface area contributed by atoms with Gasteiger partial charge < -0.3 is 5.32 Å². The van der Waals surface area contributed by atoms with E-state index in [1.165, 1.54) is 0 Å². The van der Waals surface area contributed by atoms with E-state index in [-0.39, 0.29) is 0 Å². The summed E-state index contributed by atoms with van der Waals surface area (Å²) >= 11 is 0. The van der Waals surface area contributed by atoms with Crippen LogP contribution in [0.3, 0.4) is 0 Å². The third kappa shape index (κ3) is 2.82. The molecule has 0 unspecified atom stereocenters. The van der Waals surface area contributed by atoms with Gasteiger partial charge in [-0.3, -0.25) is 4.99 Å². The van der Waals surface area contributed by atoms with E-state index in [0.29, 0.717) is 0 Å². The van der Waals surface area contributed by atoms with Crippen molar-refractivity contribution in [1.82, 2.24) is 14.6 Å². The van der Waals surface area contributed by atoms with Gasteiger partial charge in [0.1, 0.15) is 0 Å². The zero-order valence-corrected chi connectivity index (χ0v) is 10.5. The molecule has 0 aliphatic carbocycles. The van der Waals surface area contributed by atoms with Gasteiger partial charge in [-0.15, -0.1) is 0 Å². The first-order chi connectivity index (χ1) is 8.69. The molecule has 0 aliphatic rings. The molecule has 2 heterocycles. The average molecular weight is 241 g/mol. The summed E-state index contributed by atoms with van der Waals surface area (Å²) in [6.07, 6.45) is 9.22. The number of allylic oxidation sites excluding steroid dienone is 4. The highest BCUT2D eigenvalue weighted by Crippen LogP contribution is 2.10. The largest absolute Gasteiger partial charge is 0.357 e. The highest BCUT2D eigenvalue weighted by Gasteiger charge is 1.97. The molecule has 2 aromatic heterocycles. The molecule has 0 saturated heterocycles. The van der Waals surface area contributed by atoms with Gasteiger partial charge in [0.25, 0.3) is 0 Å². The highest BCUT2D eigenvalue weighted by molar-refractivity contribution is 5.49. The molecular formula is C13H15N5. The molecule has 5 nitrogen and oxygen atoms in total. The Morgan fingerprint density at radius 2 is 2.28 bits per heavy atom. The minimum atomic E-state index is 0.828. The second-order valence-corrected chi connectivity index (χ2v) is 3.92. The second kappa shape index (κ2) is 5.27. The van der Waals surface area contributed by atoms with Gasteiger partial charge in [0.15, 0.2) is 5.65 Å². The Morgan fingerprint density at radius 1 is 1.44 bits per heavy atom. The summed E-state index contributed by atoms with van der Waals surface area (Å²) in [5, 5.41) is 7.37. The van der Waals surface area contributed by atoms with E-state index in [1.54, 1.807) is 16.9 Å². The minimum Gasteiger partial charge on any atom is -0.357 e. The quantitative estimate of drug-likeness (QED) is 0.661. The lowest BCUT2D eigenvalue weighted by molar-refractivity contribution is 0.940. The molecule has 0 aromatic carbocycles. The van der Waals surface area contributed by atoms with Crippen LogP contribution in [0.1, 0.15) is 13.8 Å². The summed E-state index contributed by atoms with van der Waals surface area (Å²) in [4.78, 5) is 8.09. The number of anilines is 1. The molecule has 18 heavy (non-hydrogen) atoms. The van der Waals surface area contributed by atoms with Crippen LogP contribution in [0, 0.1) is 0 Å². The Balaban J connectivity index is 2.15. The standard InChI is InChI=1S/C13H15N5/c1-10(14-3)4-5-11(2)17-12-8-15-13-6-7-16-18(13)9-12/h4-9,17H,3H2,1-2H3/b10-4-,11-5+. The van der Waals surface area contributed by atoms with Crippen LogP contribution in [-0.4, -0.2) is 21.3 Å². The van der Waals surface area contributed by atoms with Crippen molar-refractivity contribution in [2.45, 2.75) is 13.8 Å². The number of hydrogen-bond acceptors (Lipinski definition) is 4. The Bertz CT molecular complexity index is 621. The summed E-state index contributed by atoms with van der Waals surface area (Å²) in [5.41, 5.74) is 3.58. The molecule has 0 amide bonds. The van der Waals surface area contributed by atoms with Gasteiger partial charge in [0.2, 0.25) is 0 Å². The van der Waals surface area contributed by atoms with Crippen LogP contribution < -0.4 is 5.32 Å². The molecule has 0 aliphatic heterocycles. The van der Waals surface area contributed by atoms with Crippen LogP contribution in [0.5, 0.6) is 0 Å². The highest BCUT2D eigenvalue weighted by atomic mass is 15.2. The van der Waals surface area contributed by atoms with Crippen LogP contribution in [-0.2, 0) is 0 Å². The van der Waals surface area contributed by atoms with Crippen LogP contribution in [0.25, 0.3) is 5.65 Å². The topological polar surface area (TPSA) is 54.6 Å². The van der Waals surface area contributed by atoms with Crippen molar-refractivity contribution >= 4 is 18.1 Å². The Labute approximate surface area is 106 Å². The molecule has 0 fully saturated rings. The van der Waals surface area contributed by atoms with Crippen molar-refractivity contribution in [3.63, 3.8) is 0 Å². The van der Waals surface area contributed by atoms with Gasteiger partial charge in [-0.2, -0.15) is 5.10 Å². The summed E-state index contributed by atoms with van der Waals surface area (Å²) in [5.74, 6) is 0. The molecular weight excluding hydrogens is 226 g/mol. The van der Waals surface area contributed by atoms with Gasteiger partial charge in [0.05, 0.1) is 24.3 Å². The first-order valence-electron chi connectivity index (χ1n) is 5.57. The maximum atomic E-state index is 4.27. The molecule has 1 N–H and O–H groups in total. The van der Waals surface area contributed by atoms with Gasteiger partial charge in [-0.25, -0.2) is 9.50 Å². The lowest BCUT2D eigenvalue weighted by atomic mass is 10.3. The van der Waals surface area contributed by atoms with Crippen molar-refractivity contribution in [2.24, 2.45) is 4.99 Å². The third-order valence-electron chi connectivity index (χ3n) is 2.41. The molecule has 0 saturated carbocycles. The van der Waals surface area contributed by atoms with Crippen molar-refractivity contribution in [2.75, 3.05) is 5.32 Å². The fraction of sp³-hybridized carbons (Fsp3) is 0.154. The number of hydrogen-bond donors (Lipinski definition) is 1.